The summed E-state index contributed by atoms with van der Waals surface area (Å²) in [6.07, 6.45) is 0. The summed E-state index contributed by atoms with van der Waals surface area (Å²) in [6.45, 7) is 0. The number of aromatic carboxylic acids is 1. The zero-order chi connectivity index (χ0) is 13.8. The van der Waals surface area contributed by atoms with Crippen LogP contribution in [0, 0.1) is 0 Å². The Morgan fingerprint density at radius 1 is 1.21 bits per heavy atom. The predicted octanol–water partition coefficient (Wildman–Crippen LogP) is 1.03. The molecule has 0 bridgehead atoms. The van der Waals surface area contributed by atoms with Crippen LogP contribution in [0.25, 0.3) is 0 Å². The second-order valence-corrected chi connectivity index (χ2v) is 4.64. The molecule has 0 atom stereocenters. The van der Waals surface area contributed by atoms with Gasteiger partial charge < -0.3 is 16.6 Å². The molecule has 0 unspecified atom stereocenters. The van der Waals surface area contributed by atoms with Crippen LogP contribution in [-0.4, -0.2) is 26.0 Å². The van der Waals surface area contributed by atoms with Crippen molar-refractivity contribution >= 4 is 29.6 Å². The Kier molecular flexibility index (Phi) is 3.81. The van der Waals surface area contributed by atoms with Crippen molar-refractivity contribution in [2.75, 3.05) is 11.5 Å². The van der Waals surface area contributed by atoms with Crippen molar-refractivity contribution in [2.45, 2.75) is 10.6 Å². The SMILES string of the molecule is Nc1nc(N)nc(CSc2cccc(C(=O)O)c2)n1. The molecule has 1 heterocycles. The Morgan fingerprint density at radius 2 is 1.89 bits per heavy atom. The van der Waals surface area contributed by atoms with Gasteiger partial charge in [0.1, 0.15) is 5.82 Å². The van der Waals surface area contributed by atoms with Crippen LogP contribution in [0.5, 0.6) is 0 Å². The monoisotopic (exact) mass is 277 g/mol. The number of rotatable bonds is 4. The van der Waals surface area contributed by atoms with E-state index in [0.29, 0.717) is 11.6 Å². The molecular formula is C11H11N5O2S. The van der Waals surface area contributed by atoms with Crippen LogP contribution in [0.15, 0.2) is 29.2 Å². The van der Waals surface area contributed by atoms with Crippen LogP contribution in [0.1, 0.15) is 16.2 Å². The fourth-order valence-corrected chi connectivity index (χ4v) is 2.20. The lowest BCUT2D eigenvalue weighted by atomic mass is 10.2. The highest BCUT2D eigenvalue weighted by Gasteiger charge is 2.06. The van der Waals surface area contributed by atoms with E-state index in [1.54, 1.807) is 12.1 Å². The molecule has 0 saturated carbocycles. The molecular weight excluding hydrogens is 266 g/mol. The first kappa shape index (κ1) is 13.1. The number of carboxylic acids is 1. The largest absolute Gasteiger partial charge is 0.478 e. The maximum atomic E-state index is 10.8. The molecule has 0 aliphatic heterocycles. The first-order valence-corrected chi connectivity index (χ1v) is 6.25. The number of carbonyl (C=O) groups is 1. The number of benzene rings is 1. The standard InChI is InChI=1S/C11H11N5O2S/c12-10-14-8(15-11(13)16-10)5-19-7-3-1-2-6(4-7)9(17)18/h1-4H,5H2,(H,17,18)(H4,12,13,14,15,16). The fraction of sp³-hybridized carbons (Fsp3) is 0.0909. The summed E-state index contributed by atoms with van der Waals surface area (Å²) in [7, 11) is 0. The third kappa shape index (κ3) is 3.55. The Balaban J connectivity index is 2.10. The molecule has 2 rings (SSSR count). The minimum Gasteiger partial charge on any atom is -0.478 e. The van der Waals surface area contributed by atoms with E-state index in [4.69, 9.17) is 16.6 Å². The van der Waals surface area contributed by atoms with Crippen molar-refractivity contribution < 1.29 is 9.90 Å². The number of nitrogen functional groups attached to an aromatic ring is 2. The average Bonchev–Trinajstić information content (AvgIpc) is 2.35. The molecule has 5 N–H and O–H groups in total. The van der Waals surface area contributed by atoms with Gasteiger partial charge in [0.15, 0.2) is 0 Å². The highest BCUT2D eigenvalue weighted by atomic mass is 32.2. The highest BCUT2D eigenvalue weighted by Crippen LogP contribution is 2.22. The number of thioether (sulfide) groups is 1. The Hall–Kier alpha value is -2.35. The molecule has 19 heavy (non-hydrogen) atoms. The third-order valence-corrected chi connectivity index (χ3v) is 3.16. The fourth-order valence-electron chi connectivity index (χ4n) is 1.39. The van der Waals surface area contributed by atoms with Crippen molar-refractivity contribution in [1.82, 2.24) is 15.0 Å². The summed E-state index contributed by atoms with van der Waals surface area (Å²) in [4.78, 5) is 23.2. The number of carboxylic acid groups (broad SMARTS) is 1. The third-order valence-electron chi connectivity index (χ3n) is 2.17. The molecule has 7 nitrogen and oxygen atoms in total. The van der Waals surface area contributed by atoms with Crippen molar-refractivity contribution in [3.8, 4) is 0 Å². The van der Waals surface area contributed by atoms with Gasteiger partial charge in [-0.05, 0) is 18.2 Å². The Labute approximate surface area is 113 Å². The van der Waals surface area contributed by atoms with E-state index < -0.39 is 5.97 Å². The molecule has 98 valence electrons. The Morgan fingerprint density at radius 3 is 2.53 bits per heavy atom. The number of nitrogens with zero attached hydrogens (tertiary/aromatic N) is 3. The summed E-state index contributed by atoms with van der Waals surface area (Å²) in [5.74, 6) is 0.0663. The lowest BCUT2D eigenvalue weighted by molar-refractivity contribution is 0.0696. The molecule has 0 aliphatic rings. The van der Waals surface area contributed by atoms with Crippen LogP contribution >= 0.6 is 11.8 Å². The predicted molar refractivity (Wildman–Crippen MR) is 71.6 cm³/mol. The smallest absolute Gasteiger partial charge is 0.335 e. The summed E-state index contributed by atoms with van der Waals surface area (Å²) in [5, 5.41) is 8.89. The zero-order valence-corrected chi connectivity index (χ0v) is 10.6. The first-order chi connectivity index (χ1) is 9.04. The van der Waals surface area contributed by atoms with Gasteiger partial charge in [-0.2, -0.15) is 15.0 Å². The van der Waals surface area contributed by atoms with E-state index >= 15 is 0 Å². The van der Waals surface area contributed by atoms with Crippen LogP contribution in [-0.2, 0) is 5.75 Å². The van der Waals surface area contributed by atoms with E-state index in [9.17, 15) is 4.79 Å². The van der Waals surface area contributed by atoms with Crippen molar-refractivity contribution in [1.29, 1.82) is 0 Å². The number of aromatic nitrogens is 3. The minimum absolute atomic E-state index is 0.0717. The lowest BCUT2D eigenvalue weighted by Crippen LogP contribution is -2.05. The molecule has 8 heteroatoms. The molecule has 0 aliphatic carbocycles. The molecule has 1 aromatic heterocycles. The summed E-state index contributed by atoms with van der Waals surface area (Å²) in [6, 6.07) is 6.61. The van der Waals surface area contributed by atoms with E-state index in [-0.39, 0.29) is 17.5 Å². The molecule has 0 saturated heterocycles. The van der Waals surface area contributed by atoms with Gasteiger partial charge in [-0.3, -0.25) is 0 Å². The Bertz CT molecular complexity index is 600. The van der Waals surface area contributed by atoms with Gasteiger partial charge in [-0.1, -0.05) is 6.07 Å². The van der Waals surface area contributed by atoms with Gasteiger partial charge in [0.05, 0.1) is 11.3 Å². The van der Waals surface area contributed by atoms with Crippen molar-refractivity contribution in [3.63, 3.8) is 0 Å². The number of nitrogens with two attached hydrogens (primary N) is 2. The number of hydrogen-bond acceptors (Lipinski definition) is 7. The van der Waals surface area contributed by atoms with Crippen LogP contribution in [0.2, 0.25) is 0 Å². The highest BCUT2D eigenvalue weighted by molar-refractivity contribution is 7.98. The van der Waals surface area contributed by atoms with Crippen molar-refractivity contribution in [3.05, 3.63) is 35.7 Å². The summed E-state index contributed by atoms with van der Waals surface area (Å²) >= 11 is 1.40. The van der Waals surface area contributed by atoms with Crippen LogP contribution < -0.4 is 11.5 Å². The molecule has 0 fully saturated rings. The van der Waals surface area contributed by atoms with E-state index in [2.05, 4.69) is 15.0 Å². The molecule has 2 aromatic rings. The topological polar surface area (TPSA) is 128 Å². The quantitative estimate of drug-likeness (QED) is 0.707. The van der Waals surface area contributed by atoms with Crippen LogP contribution in [0.3, 0.4) is 0 Å². The molecule has 0 radical (unpaired) electrons. The second kappa shape index (κ2) is 5.53. The lowest BCUT2D eigenvalue weighted by Gasteiger charge is -2.03. The van der Waals surface area contributed by atoms with E-state index in [1.165, 1.54) is 17.8 Å². The zero-order valence-electron chi connectivity index (χ0n) is 9.78. The van der Waals surface area contributed by atoms with Crippen molar-refractivity contribution in [2.24, 2.45) is 0 Å². The average molecular weight is 277 g/mol. The van der Waals surface area contributed by atoms with Gasteiger partial charge in [0, 0.05) is 4.90 Å². The minimum atomic E-state index is -0.962. The number of anilines is 2. The van der Waals surface area contributed by atoms with Gasteiger partial charge in [-0.15, -0.1) is 11.8 Å². The number of hydrogen-bond donors (Lipinski definition) is 3. The van der Waals surface area contributed by atoms with Gasteiger partial charge in [-0.25, -0.2) is 4.79 Å². The van der Waals surface area contributed by atoms with Crippen LogP contribution in [0.4, 0.5) is 11.9 Å². The summed E-state index contributed by atoms with van der Waals surface area (Å²) < 4.78 is 0. The maximum Gasteiger partial charge on any atom is 0.335 e. The maximum absolute atomic E-state index is 10.8. The van der Waals surface area contributed by atoms with Gasteiger partial charge in [0.2, 0.25) is 11.9 Å². The van der Waals surface area contributed by atoms with E-state index in [1.807, 2.05) is 6.07 Å². The van der Waals surface area contributed by atoms with E-state index in [0.717, 1.165) is 4.90 Å². The second-order valence-electron chi connectivity index (χ2n) is 3.59. The van der Waals surface area contributed by atoms with Gasteiger partial charge in [0.25, 0.3) is 0 Å². The van der Waals surface area contributed by atoms with Gasteiger partial charge >= 0.3 is 5.97 Å². The summed E-state index contributed by atoms with van der Waals surface area (Å²) in [5.41, 5.74) is 11.2. The molecule has 0 amide bonds. The molecule has 0 spiro atoms. The molecule has 1 aromatic carbocycles. The normalized spacial score (nSPS) is 10.3. The first-order valence-electron chi connectivity index (χ1n) is 5.26.